The topological polar surface area (TPSA) is 52.6 Å². The second-order valence-corrected chi connectivity index (χ2v) is 7.27. The quantitative estimate of drug-likeness (QED) is 0.581. The van der Waals surface area contributed by atoms with Gasteiger partial charge in [0.25, 0.3) is 0 Å². The normalized spacial score (nSPS) is 11.1. The van der Waals surface area contributed by atoms with Crippen molar-refractivity contribution >= 4 is 11.9 Å². The van der Waals surface area contributed by atoms with E-state index in [1.54, 1.807) is 31.2 Å². The Morgan fingerprint density at radius 1 is 1.04 bits per heavy atom. The Balaban J connectivity index is 2.42. The van der Waals surface area contributed by atoms with Gasteiger partial charge in [0.15, 0.2) is 0 Å². The number of benzene rings is 2. The minimum absolute atomic E-state index is 0.0655. The van der Waals surface area contributed by atoms with Crippen LogP contribution in [0.1, 0.15) is 54.7 Å². The molecule has 138 valence electrons. The number of esters is 2. The summed E-state index contributed by atoms with van der Waals surface area (Å²) >= 11 is 0. The predicted octanol–water partition coefficient (Wildman–Crippen LogP) is 4.62. The molecule has 2 rings (SSSR count). The smallest absolute Gasteiger partial charge is 0.343 e. The molecule has 0 atom stereocenters. The van der Waals surface area contributed by atoms with Crippen LogP contribution in [0, 0.1) is 6.92 Å². The lowest BCUT2D eigenvalue weighted by Gasteiger charge is -2.23. The molecular formula is C22H26O4. The van der Waals surface area contributed by atoms with Crippen molar-refractivity contribution in [2.75, 3.05) is 6.61 Å². The first-order valence-corrected chi connectivity index (χ1v) is 8.79. The monoisotopic (exact) mass is 354 g/mol. The summed E-state index contributed by atoms with van der Waals surface area (Å²) in [4.78, 5) is 24.5. The van der Waals surface area contributed by atoms with Gasteiger partial charge in [0.05, 0.1) is 18.6 Å². The molecule has 4 heteroatoms. The van der Waals surface area contributed by atoms with E-state index < -0.39 is 5.97 Å². The molecule has 0 N–H and O–H groups in total. The first kappa shape index (κ1) is 19.7. The van der Waals surface area contributed by atoms with Gasteiger partial charge in [-0.15, -0.1) is 0 Å². The average Bonchev–Trinajstić information content (AvgIpc) is 2.57. The summed E-state index contributed by atoms with van der Waals surface area (Å²) in [7, 11) is 0. The Kier molecular flexibility index (Phi) is 6.19. The molecule has 0 spiro atoms. The van der Waals surface area contributed by atoms with Crippen molar-refractivity contribution in [3.8, 4) is 5.75 Å². The van der Waals surface area contributed by atoms with Crippen LogP contribution >= 0.6 is 0 Å². The van der Waals surface area contributed by atoms with E-state index >= 15 is 0 Å². The second kappa shape index (κ2) is 8.17. The summed E-state index contributed by atoms with van der Waals surface area (Å²) in [6.45, 7) is 10.3. The zero-order valence-electron chi connectivity index (χ0n) is 16.1. The van der Waals surface area contributed by atoms with Gasteiger partial charge in [-0.3, -0.25) is 4.79 Å². The van der Waals surface area contributed by atoms with Gasteiger partial charge in [-0.2, -0.15) is 0 Å². The highest BCUT2D eigenvalue weighted by Gasteiger charge is 2.22. The predicted molar refractivity (Wildman–Crippen MR) is 102 cm³/mol. The zero-order chi connectivity index (χ0) is 19.3. The summed E-state index contributed by atoms with van der Waals surface area (Å²) in [5.41, 5.74) is 2.94. The minimum Gasteiger partial charge on any atom is -0.466 e. The van der Waals surface area contributed by atoms with E-state index in [2.05, 4.69) is 20.8 Å². The van der Waals surface area contributed by atoms with Crippen molar-refractivity contribution < 1.29 is 19.1 Å². The van der Waals surface area contributed by atoms with E-state index in [0.717, 1.165) is 11.1 Å². The average molecular weight is 354 g/mol. The number of hydrogen-bond donors (Lipinski definition) is 0. The van der Waals surface area contributed by atoms with Gasteiger partial charge in [-0.1, -0.05) is 51.1 Å². The molecule has 0 fully saturated rings. The fourth-order valence-corrected chi connectivity index (χ4v) is 2.65. The lowest BCUT2D eigenvalue weighted by molar-refractivity contribution is -0.142. The van der Waals surface area contributed by atoms with Crippen LogP contribution in [0.3, 0.4) is 0 Å². The largest absolute Gasteiger partial charge is 0.466 e. The molecule has 4 nitrogen and oxygen atoms in total. The Morgan fingerprint density at radius 2 is 1.69 bits per heavy atom. The summed E-state index contributed by atoms with van der Waals surface area (Å²) in [5, 5.41) is 0. The number of carbonyl (C=O) groups is 2. The zero-order valence-corrected chi connectivity index (χ0v) is 16.1. The fraction of sp³-hybridized carbons (Fsp3) is 0.364. The third kappa shape index (κ3) is 4.94. The highest BCUT2D eigenvalue weighted by Crippen LogP contribution is 2.32. The maximum absolute atomic E-state index is 12.5. The highest BCUT2D eigenvalue weighted by atomic mass is 16.5. The molecule has 0 amide bonds. The molecule has 26 heavy (non-hydrogen) atoms. The lowest BCUT2D eigenvalue weighted by Crippen LogP contribution is -2.17. The molecule has 2 aromatic carbocycles. The van der Waals surface area contributed by atoms with E-state index in [9.17, 15) is 9.59 Å². The van der Waals surface area contributed by atoms with Crippen molar-refractivity contribution in [3.05, 3.63) is 64.7 Å². The molecule has 0 aliphatic carbocycles. The molecule has 0 radical (unpaired) electrons. The Bertz CT molecular complexity index is 786. The number of ether oxygens (including phenoxy) is 2. The maximum Gasteiger partial charge on any atom is 0.343 e. The summed E-state index contributed by atoms with van der Waals surface area (Å²) in [6, 6.07) is 12.7. The third-order valence-corrected chi connectivity index (χ3v) is 4.06. The van der Waals surface area contributed by atoms with Crippen LogP contribution in [0.15, 0.2) is 42.5 Å². The first-order chi connectivity index (χ1) is 12.2. The molecular weight excluding hydrogens is 328 g/mol. The minimum atomic E-state index is -0.442. The van der Waals surface area contributed by atoms with Crippen LogP contribution in [-0.2, 0) is 21.4 Å². The van der Waals surface area contributed by atoms with E-state index in [-0.39, 0.29) is 17.8 Å². The van der Waals surface area contributed by atoms with Gasteiger partial charge in [0.2, 0.25) is 0 Å². The van der Waals surface area contributed by atoms with Crippen LogP contribution in [-0.4, -0.2) is 18.5 Å². The molecule has 0 aliphatic heterocycles. The SMILES string of the molecule is CCOC(=O)Cc1cc(C(C)(C)C)cc(C)c1OC(=O)c1ccccc1. The Morgan fingerprint density at radius 3 is 2.27 bits per heavy atom. The standard InChI is InChI=1S/C22H26O4/c1-6-25-19(23)14-17-13-18(22(3,4)5)12-15(2)20(17)26-21(24)16-10-8-7-9-11-16/h7-13H,6,14H2,1-5H3. The van der Waals surface area contributed by atoms with Gasteiger partial charge in [0, 0.05) is 5.56 Å². The van der Waals surface area contributed by atoms with E-state index in [1.807, 2.05) is 25.1 Å². The van der Waals surface area contributed by atoms with Crippen molar-refractivity contribution in [2.45, 2.75) is 46.5 Å². The van der Waals surface area contributed by atoms with Gasteiger partial charge in [-0.05, 0) is 42.5 Å². The van der Waals surface area contributed by atoms with Crippen LogP contribution in [0.4, 0.5) is 0 Å². The lowest BCUT2D eigenvalue weighted by atomic mass is 9.84. The Labute approximate surface area is 155 Å². The van der Waals surface area contributed by atoms with Crippen molar-refractivity contribution in [2.24, 2.45) is 0 Å². The molecule has 2 aromatic rings. The fourth-order valence-electron chi connectivity index (χ4n) is 2.65. The summed E-state index contributed by atoms with van der Waals surface area (Å²) < 4.78 is 10.7. The first-order valence-electron chi connectivity index (χ1n) is 8.79. The number of rotatable bonds is 5. The second-order valence-electron chi connectivity index (χ2n) is 7.27. The van der Waals surface area contributed by atoms with Crippen molar-refractivity contribution in [3.63, 3.8) is 0 Å². The van der Waals surface area contributed by atoms with Crippen molar-refractivity contribution in [1.82, 2.24) is 0 Å². The molecule has 0 heterocycles. The van der Waals surface area contributed by atoms with Crippen molar-refractivity contribution in [1.29, 1.82) is 0 Å². The van der Waals surface area contributed by atoms with Gasteiger partial charge < -0.3 is 9.47 Å². The van der Waals surface area contributed by atoms with E-state index in [4.69, 9.17) is 9.47 Å². The van der Waals surface area contributed by atoms with Gasteiger partial charge >= 0.3 is 11.9 Å². The van der Waals surface area contributed by atoms with E-state index in [1.165, 1.54) is 0 Å². The molecule has 0 unspecified atom stereocenters. The number of aryl methyl sites for hydroxylation is 1. The number of carbonyl (C=O) groups excluding carboxylic acids is 2. The molecule has 0 bridgehead atoms. The third-order valence-electron chi connectivity index (χ3n) is 4.06. The molecule has 0 aromatic heterocycles. The maximum atomic E-state index is 12.5. The summed E-state index contributed by atoms with van der Waals surface area (Å²) in [5.74, 6) is -0.350. The van der Waals surface area contributed by atoms with E-state index in [0.29, 0.717) is 23.5 Å². The highest BCUT2D eigenvalue weighted by molar-refractivity contribution is 5.91. The van der Waals surface area contributed by atoms with Crippen LogP contribution < -0.4 is 4.74 Å². The van der Waals surface area contributed by atoms with Gasteiger partial charge in [0.1, 0.15) is 5.75 Å². The molecule has 0 saturated carbocycles. The molecule has 0 saturated heterocycles. The summed E-state index contributed by atoms with van der Waals surface area (Å²) in [6.07, 6.45) is 0.0655. The van der Waals surface area contributed by atoms with Crippen LogP contribution in [0.5, 0.6) is 5.75 Å². The van der Waals surface area contributed by atoms with Crippen LogP contribution in [0.2, 0.25) is 0 Å². The molecule has 0 aliphatic rings. The van der Waals surface area contributed by atoms with Crippen LogP contribution in [0.25, 0.3) is 0 Å². The Hall–Kier alpha value is -2.62. The van der Waals surface area contributed by atoms with Gasteiger partial charge in [-0.25, -0.2) is 4.79 Å². The number of hydrogen-bond acceptors (Lipinski definition) is 4.